The average molecular weight is 391 g/mol. The molecule has 1 aromatic carbocycles. The van der Waals surface area contributed by atoms with Crippen molar-refractivity contribution in [1.29, 1.82) is 0 Å². The maximum atomic E-state index is 9.85. The lowest BCUT2D eigenvalue weighted by atomic mass is 10.2. The number of ether oxygens (including phenoxy) is 1. The highest BCUT2D eigenvalue weighted by Gasteiger charge is 2.11. The summed E-state index contributed by atoms with van der Waals surface area (Å²) >= 11 is 3.28. The zero-order valence-corrected chi connectivity index (χ0v) is 14.9. The predicted molar refractivity (Wildman–Crippen MR) is 92.0 cm³/mol. The molecule has 3 aromatic rings. The minimum Gasteiger partial charge on any atom is -0.503 e. The molecule has 0 radical (unpaired) electrons. The Labute approximate surface area is 146 Å². The minimum atomic E-state index is 0.0438. The Morgan fingerprint density at radius 3 is 2.75 bits per heavy atom. The van der Waals surface area contributed by atoms with Gasteiger partial charge in [0.2, 0.25) is 0 Å². The van der Waals surface area contributed by atoms with E-state index in [-0.39, 0.29) is 5.75 Å². The van der Waals surface area contributed by atoms with E-state index in [1.807, 2.05) is 19.9 Å². The fraction of sp³-hybridized carbons (Fsp3) is 0.200. The lowest BCUT2D eigenvalue weighted by molar-refractivity contribution is 0.372. The first-order chi connectivity index (χ1) is 11.5. The zero-order chi connectivity index (χ0) is 17.3. The summed E-state index contributed by atoms with van der Waals surface area (Å²) in [5, 5.41) is 26.5. The highest BCUT2D eigenvalue weighted by atomic mass is 79.9. The molecule has 0 bridgehead atoms. The topological polar surface area (TPSA) is 90.4 Å². The van der Waals surface area contributed by atoms with Gasteiger partial charge in [-0.2, -0.15) is 14.9 Å². The van der Waals surface area contributed by atoms with Crippen molar-refractivity contribution in [3.63, 3.8) is 0 Å². The third-order valence-electron chi connectivity index (χ3n) is 3.31. The monoisotopic (exact) mass is 390 g/mol. The number of aromatic nitrogens is 5. The molecule has 0 aliphatic rings. The van der Waals surface area contributed by atoms with E-state index < -0.39 is 0 Å². The van der Waals surface area contributed by atoms with E-state index in [0.29, 0.717) is 16.2 Å². The number of aryl methyl sites for hydroxylation is 2. The number of hydrogen-bond donors (Lipinski definition) is 1. The van der Waals surface area contributed by atoms with Crippen LogP contribution in [0.3, 0.4) is 0 Å². The maximum Gasteiger partial charge on any atom is 0.273 e. The molecule has 9 heteroatoms. The van der Waals surface area contributed by atoms with Gasteiger partial charge in [0.15, 0.2) is 11.5 Å². The molecular weight excluding hydrogens is 376 g/mol. The van der Waals surface area contributed by atoms with Crippen molar-refractivity contribution in [3.8, 4) is 17.4 Å². The molecule has 2 heterocycles. The summed E-state index contributed by atoms with van der Waals surface area (Å²) < 4.78 is 8.84. The molecule has 0 spiro atoms. The van der Waals surface area contributed by atoms with E-state index in [1.54, 1.807) is 23.0 Å². The fourth-order valence-electron chi connectivity index (χ4n) is 2.23. The molecule has 0 aliphatic heterocycles. The van der Waals surface area contributed by atoms with Gasteiger partial charge in [0, 0.05) is 5.69 Å². The standard InChI is InChI=1S/C15H15BrN6O2/c1-9-4-10(2)22(20-9)15-19-17-8-21(15)18-7-11-5-12(16)14(23)13(6-11)24-3/h4-8,23H,1-3H3. The number of benzene rings is 1. The van der Waals surface area contributed by atoms with Crippen LogP contribution >= 0.6 is 15.9 Å². The number of aromatic hydroxyl groups is 1. The van der Waals surface area contributed by atoms with E-state index in [9.17, 15) is 5.11 Å². The minimum absolute atomic E-state index is 0.0438. The highest BCUT2D eigenvalue weighted by Crippen LogP contribution is 2.34. The summed E-state index contributed by atoms with van der Waals surface area (Å²) in [6.45, 7) is 3.85. The number of methoxy groups -OCH3 is 1. The Balaban J connectivity index is 1.96. The van der Waals surface area contributed by atoms with Crippen LogP contribution in [0, 0.1) is 13.8 Å². The van der Waals surface area contributed by atoms with Crippen molar-refractivity contribution in [1.82, 2.24) is 24.7 Å². The largest absolute Gasteiger partial charge is 0.503 e. The molecule has 124 valence electrons. The lowest BCUT2D eigenvalue weighted by Crippen LogP contribution is -2.06. The van der Waals surface area contributed by atoms with Gasteiger partial charge in [-0.25, -0.2) is 4.68 Å². The first-order valence-electron chi connectivity index (χ1n) is 7.04. The SMILES string of the molecule is COc1cc(C=Nn2cnnc2-n2nc(C)cc2C)cc(Br)c1O. The van der Waals surface area contributed by atoms with Crippen LogP contribution in [-0.2, 0) is 0 Å². The molecule has 24 heavy (non-hydrogen) atoms. The number of phenolic OH excluding ortho intramolecular Hbond substituents is 1. The number of phenols is 1. The quantitative estimate of drug-likeness (QED) is 0.690. The molecular formula is C15H15BrN6O2. The molecule has 2 aromatic heterocycles. The van der Waals surface area contributed by atoms with Crippen molar-refractivity contribution >= 4 is 22.1 Å². The van der Waals surface area contributed by atoms with Gasteiger partial charge in [0.1, 0.15) is 6.33 Å². The smallest absolute Gasteiger partial charge is 0.273 e. The van der Waals surface area contributed by atoms with Gasteiger partial charge < -0.3 is 9.84 Å². The first-order valence-corrected chi connectivity index (χ1v) is 7.83. The van der Waals surface area contributed by atoms with Crippen LogP contribution in [0.15, 0.2) is 34.1 Å². The molecule has 0 unspecified atom stereocenters. The number of rotatable bonds is 4. The van der Waals surface area contributed by atoms with E-state index in [1.165, 1.54) is 18.1 Å². The van der Waals surface area contributed by atoms with Crippen LogP contribution in [0.2, 0.25) is 0 Å². The second kappa shape index (κ2) is 6.44. The van der Waals surface area contributed by atoms with E-state index in [0.717, 1.165) is 17.0 Å². The second-order valence-electron chi connectivity index (χ2n) is 5.11. The van der Waals surface area contributed by atoms with Crippen molar-refractivity contribution < 1.29 is 9.84 Å². The molecule has 0 fully saturated rings. The maximum absolute atomic E-state index is 9.85. The number of nitrogens with zero attached hydrogens (tertiary/aromatic N) is 6. The summed E-state index contributed by atoms with van der Waals surface area (Å²) in [5.74, 6) is 0.886. The molecule has 1 N–H and O–H groups in total. The van der Waals surface area contributed by atoms with Crippen LogP contribution in [0.5, 0.6) is 11.5 Å². The van der Waals surface area contributed by atoms with Crippen LogP contribution in [0.25, 0.3) is 5.95 Å². The van der Waals surface area contributed by atoms with Gasteiger partial charge in [0.05, 0.1) is 23.5 Å². The van der Waals surface area contributed by atoms with Crippen LogP contribution in [0.1, 0.15) is 17.0 Å². The Kier molecular flexibility index (Phi) is 4.34. The van der Waals surface area contributed by atoms with Crippen molar-refractivity contribution in [2.45, 2.75) is 13.8 Å². The zero-order valence-electron chi connectivity index (χ0n) is 13.3. The van der Waals surface area contributed by atoms with Crippen molar-refractivity contribution in [2.24, 2.45) is 5.10 Å². The van der Waals surface area contributed by atoms with E-state index in [4.69, 9.17) is 4.74 Å². The van der Waals surface area contributed by atoms with E-state index >= 15 is 0 Å². The number of halogens is 1. The summed E-state index contributed by atoms with van der Waals surface area (Å²) in [6, 6.07) is 5.36. The van der Waals surface area contributed by atoms with Gasteiger partial charge in [-0.3, -0.25) is 0 Å². The normalized spacial score (nSPS) is 11.3. The molecule has 0 amide bonds. The summed E-state index contributed by atoms with van der Waals surface area (Å²) in [4.78, 5) is 0. The molecule has 0 aliphatic carbocycles. The third kappa shape index (κ3) is 3.02. The molecule has 8 nitrogen and oxygen atoms in total. The van der Waals surface area contributed by atoms with Crippen LogP contribution in [-0.4, -0.2) is 43.1 Å². The van der Waals surface area contributed by atoms with Gasteiger partial charge in [-0.15, -0.1) is 10.2 Å². The Hall–Kier alpha value is -2.68. The summed E-state index contributed by atoms with van der Waals surface area (Å²) in [5.41, 5.74) is 2.56. The van der Waals surface area contributed by atoms with Crippen LogP contribution < -0.4 is 4.74 Å². The van der Waals surface area contributed by atoms with Crippen molar-refractivity contribution in [3.05, 3.63) is 46.0 Å². The Morgan fingerprint density at radius 2 is 2.08 bits per heavy atom. The van der Waals surface area contributed by atoms with Gasteiger partial charge in [0.25, 0.3) is 5.95 Å². The molecule has 0 atom stereocenters. The van der Waals surface area contributed by atoms with Gasteiger partial charge in [-0.1, -0.05) is 0 Å². The molecule has 3 rings (SSSR count). The molecule has 0 saturated carbocycles. The fourth-order valence-corrected chi connectivity index (χ4v) is 2.69. The van der Waals surface area contributed by atoms with Gasteiger partial charge >= 0.3 is 0 Å². The van der Waals surface area contributed by atoms with Crippen LogP contribution in [0.4, 0.5) is 0 Å². The first kappa shape index (κ1) is 16.2. The van der Waals surface area contributed by atoms with Gasteiger partial charge in [-0.05, 0) is 53.5 Å². The highest BCUT2D eigenvalue weighted by molar-refractivity contribution is 9.10. The average Bonchev–Trinajstić information content (AvgIpc) is 3.13. The van der Waals surface area contributed by atoms with Crippen molar-refractivity contribution in [2.75, 3.05) is 7.11 Å². The molecule has 0 saturated heterocycles. The summed E-state index contributed by atoms with van der Waals surface area (Å²) in [7, 11) is 1.49. The second-order valence-corrected chi connectivity index (χ2v) is 5.97. The third-order valence-corrected chi connectivity index (χ3v) is 3.92. The van der Waals surface area contributed by atoms with E-state index in [2.05, 4.69) is 36.3 Å². The Morgan fingerprint density at radius 1 is 1.29 bits per heavy atom. The summed E-state index contributed by atoms with van der Waals surface area (Å²) in [6.07, 6.45) is 3.11. The Bertz CT molecular complexity index is 915. The lowest BCUT2D eigenvalue weighted by Gasteiger charge is -2.06. The predicted octanol–water partition coefficient (Wildman–Crippen LogP) is 2.44. The number of hydrogen-bond acceptors (Lipinski definition) is 6.